The molecule has 1 saturated heterocycles. The summed E-state index contributed by atoms with van der Waals surface area (Å²) in [5.41, 5.74) is 2.63. The third kappa shape index (κ3) is 5.71. The Morgan fingerprint density at radius 2 is 1.97 bits per heavy atom. The van der Waals surface area contributed by atoms with Gasteiger partial charge in [-0.25, -0.2) is 8.42 Å². The molecule has 9 heteroatoms. The first-order valence-corrected chi connectivity index (χ1v) is 13.5. The van der Waals surface area contributed by atoms with Gasteiger partial charge in [0.1, 0.15) is 5.75 Å². The molecule has 1 N–H and O–H groups in total. The van der Waals surface area contributed by atoms with E-state index in [2.05, 4.69) is 4.90 Å². The first-order valence-electron chi connectivity index (χ1n) is 11.7. The quantitative estimate of drug-likeness (QED) is 0.613. The van der Waals surface area contributed by atoms with Gasteiger partial charge in [0, 0.05) is 33.2 Å². The molecule has 0 aromatic heterocycles. The minimum absolute atomic E-state index is 0.114. The van der Waals surface area contributed by atoms with E-state index in [1.807, 2.05) is 36.4 Å². The van der Waals surface area contributed by atoms with Gasteiger partial charge in [-0.3, -0.25) is 14.0 Å². The van der Waals surface area contributed by atoms with Crippen molar-refractivity contribution in [3.8, 4) is 5.75 Å². The summed E-state index contributed by atoms with van der Waals surface area (Å²) in [4.78, 5) is 17.0. The van der Waals surface area contributed by atoms with Crippen LogP contribution in [0.2, 0.25) is 0 Å². The van der Waals surface area contributed by atoms with Gasteiger partial charge >= 0.3 is 0 Å². The number of fused-ring (bicyclic) bond motifs is 1. The summed E-state index contributed by atoms with van der Waals surface area (Å²) in [6, 6.07) is 15.0. The smallest absolute Gasteiger partial charge is 0.260 e. The number of benzene rings is 2. The van der Waals surface area contributed by atoms with Gasteiger partial charge in [0.05, 0.1) is 24.1 Å². The average molecular weight is 488 g/mol. The molecule has 34 heavy (non-hydrogen) atoms. The highest BCUT2D eigenvalue weighted by Gasteiger charge is 2.29. The van der Waals surface area contributed by atoms with Crippen LogP contribution in [0.25, 0.3) is 0 Å². The second-order valence-corrected chi connectivity index (χ2v) is 11.1. The van der Waals surface area contributed by atoms with Crippen LogP contribution in [0, 0.1) is 0 Å². The fraction of sp³-hybridized carbons (Fsp3) is 0.480. The molecule has 2 atom stereocenters. The molecule has 2 aromatic rings. The molecule has 4 rings (SSSR count). The predicted octanol–water partition coefficient (Wildman–Crippen LogP) is 2.04. The number of hydrogen-bond acceptors (Lipinski definition) is 6. The number of ether oxygens (including phenoxy) is 1. The number of anilines is 1. The molecule has 0 bridgehead atoms. The van der Waals surface area contributed by atoms with E-state index in [0.717, 1.165) is 36.9 Å². The van der Waals surface area contributed by atoms with Crippen LogP contribution >= 0.6 is 0 Å². The molecule has 1 amide bonds. The van der Waals surface area contributed by atoms with Crippen molar-refractivity contribution < 1.29 is 23.1 Å². The lowest BCUT2D eigenvalue weighted by atomic mass is 10.0. The number of sulfonamides is 1. The second kappa shape index (κ2) is 10.3. The van der Waals surface area contributed by atoms with Crippen LogP contribution in [0.1, 0.15) is 30.0 Å². The minimum Gasteiger partial charge on any atom is -0.484 e. The third-order valence-electron chi connectivity index (χ3n) is 6.61. The van der Waals surface area contributed by atoms with Crippen molar-refractivity contribution in [2.75, 3.05) is 50.4 Å². The molecular weight excluding hydrogens is 454 g/mol. The topological polar surface area (TPSA) is 90.4 Å². The number of carbonyl (C=O) groups excluding carboxylic acids is 1. The van der Waals surface area contributed by atoms with E-state index in [-0.39, 0.29) is 24.7 Å². The first kappa shape index (κ1) is 24.5. The van der Waals surface area contributed by atoms with Gasteiger partial charge in [0.2, 0.25) is 10.0 Å². The Labute approximate surface area is 201 Å². The van der Waals surface area contributed by atoms with Crippen molar-refractivity contribution in [2.24, 2.45) is 0 Å². The molecule has 8 nitrogen and oxygen atoms in total. The molecule has 2 aromatic carbocycles. The Kier molecular flexibility index (Phi) is 7.45. The van der Waals surface area contributed by atoms with Crippen LogP contribution in [0.4, 0.5) is 5.69 Å². The van der Waals surface area contributed by atoms with Crippen molar-refractivity contribution >= 4 is 21.6 Å². The number of rotatable bonds is 8. The maximum atomic E-state index is 13.1. The van der Waals surface area contributed by atoms with Gasteiger partial charge in [0.25, 0.3) is 5.91 Å². The lowest BCUT2D eigenvalue weighted by Gasteiger charge is -2.32. The number of hydrogen-bond donors (Lipinski definition) is 1. The minimum atomic E-state index is -3.33. The number of likely N-dealkylation sites (tertiary alicyclic amines) is 1. The van der Waals surface area contributed by atoms with Crippen LogP contribution in [0.5, 0.6) is 5.75 Å². The van der Waals surface area contributed by atoms with E-state index < -0.39 is 10.0 Å². The van der Waals surface area contributed by atoms with Crippen LogP contribution in [-0.4, -0.2) is 81.4 Å². The molecule has 1 unspecified atom stereocenters. The summed E-state index contributed by atoms with van der Waals surface area (Å²) in [6.45, 7) is 2.43. The van der Waals surface area contributed by atoms with Gasteiger partial charge < -0.3 is 14.7 Å². The number of carbonyl (C=O) groups is 1. The maximum absolute atomic E-state index is 13.1. The van der Waals surface area contributed by atoms with Gasteiger partial charge in [-0.1, -0.05) is 30.3 Å². The summed E-state index contributed by atoms with van der Waals surface area (Å²) in [6.07, 6.45) is 3.16. The Hall–Kier alpha value is -2.62. The van der Waals surface area contributed by atoms with E-state index in [9.17, 15) is 18.3 Å². The van der Waals surface area contributed by atoms with E-state index in [4.69, 9.17) is 4.74 Å². The van der Waals surface area contributed by atoms with E-state index in [0.29, 0.717) is 31.1 Å². The molecular formula is C25H33N3O5S. The number of β-amino-alcohol motifs (C(OH)–C–C–N with tert-alkyl or cyclic N) is 1. The first-order chi connectivity index (χ1) is 16.2. The summed E-state index contributed by atoms with van der Waals surface area (Å²) < 4.78 is 31.4. The van der Waals surface area contributed by atoms with E-state index in [1.165, 1.54) is 10.6 Å². The van der Waals surface area contributed by atoms with Crippen molar-refractivity contribution in [2.45, 2.75) is 31.4 Å². The summed E-state index contributed by atoms with van der Waals surface area (Å²) in [5, 5.41) is 9.91. The predicted molar refractivity (Wildman–Crippen MR) is 131 cm³/mol. The fourth-order valence-electron chi connectivity index (χ4n) is 4.74. The maximum Gasteiger partial charge on any atom is 0.260 e. The van der Waals surface area contributed by atoms with Crippen molar-refractivity contribution in [3.05, 3.63) is 59.7 Å². The molecule has 2 aliphatic heterocycles. The highest BCUT2D eigenvalue weighted by molar-refractivity contribution is 7.92. The van der Waals surface area contributed by atoms with Crippen molar-refractivity contribution in [3.63, 3.8) is 0 Å². The van der Waals surface area contributed by atoms with E-state index in [1.54, 1.807) is 24.1 Å². The summed E-state index contributed by atoms with van der Waals surface area (Å²) in [5.74, 6) is 0.402. The molecule has 2 aliphatic rings. The average Bonchev–Trinajstić information content (AvgIpc) is 3.24. The monoisotopic (exact) mass is 487 g/mol. The molecule has 0 spiro atoms. The van der Waals surface area contributed by atoms with Crippen LogP contribution in [-0.2, 0) is 21.2 Å². The highest BCUT2D eigenvalue weighted by atomic mass is 32.2. The van der Waals surface area contributed by atoms with Gasteiger partial charge in [-0.2, -0.15) is 0 Å². The molecule has 0 radical (unpaired) electrons. The molecule has 0 saturated carbocycles. The number of aliphatic hydroxyl groups excluding tert-OH is 1. The third-order valence-corrected chi connectivity index (χ3v) is 7.79. The number of likely N-dealkylation sites (N-methyl/N-ethyl adjacent to an activating group) is 1. The Balaban J connectivity index is 1.44. The number of amides is 1. The Morgan fingerprint density at radius 1 is 1.21 bits per heavy atom. The highest BCUT2D eigenvalue weighted by Crippen LogP contribution is 2.32. The molecule has 1 fully saturated rings. The second-order valence-electron chi connectivity index (χ2n) is 9.15. The van der Waals surface area contributed by atoms with Crippen molar-refractivity contribution in [1.82, 2.24) is 9.80 Å². The molecule has 184 valence electrons. The summed E-state index contributed by atoms with van der Waals surface area (Å²) >= 11 is 0. The zero-order valence-electron chi connectivity index (χ0n) is 19.8. The fourth-order valence-corrected chi connectivity index (χ4v) is 5.74. The lowest BCUT2D eigenvalue weighted by molar-refractivity contribution is -0.134. The number of nitrogens with zero attached hydrogens (tertiary/aromatic N) is 3. The van der Waals surface area contributed by atoms with Gasteiger partial charge in [-0.05, 0) is 48.6 Å². The van der Waals surface area contributed by atoms with E-state index >= 15 is 0 Å². The largest absolute Gasteiger partial charge is 0.484 e. The lowest BCUT2D eigenvalue weighted by Crippen LogP contribution is -2.40. The van der Waals surface area contributed by atoms with Crippen LogP contribution in [0.15, 0.2) is 48.5 Å². The number of aliphatic hydroxyl groups is 1. The van der Waals surface area contributed by atoms with Gasteiger partial charge in [0.15, 0.2) is 6.61 Å². The van der Waals surface area contributed by atoms with Crippen molar-refractivity contribution in [1.29, 1.82) is 0 Å². The van der Waals surface area contributed by atoms with Gasteiger partial charge in [-0.15, -0.1) is 0 Å². The Bertz CT molecular complexity index is 1110. The zero-order valence-corrected chi connectivity index (χ0v) is 20.6. The zero-order chi connectivity index (χ0) is 24.3. The Morgan fingerprint density at radius 3 is 2.65 bits per heavy atom. The SMILES string of the molecule is CN(C(=O)COc1ccc2c(c1)CCCN2S(C)(=O)=O)C(CN1CC[C@H](O)C1)c1ccccc1. The molecule has 0 aliphatic carbocycles. The van der Waals surface area contributed by atoms with Crippen LogP contribution in [0.3, 0.4) is 0 Å². The normalized spacial score (nSPS) is 19.5. The summed E-state index contributed by atoms with van der Waals surface area (Å²) in [7, 11) is -1.54. The van der Waals surface area contributed by atoms with Crippen LogP contribution < -0.4 is 9.04 Å². The number of aryl methyl sites for hydroxylation is 1. The standard InChI is InChI=1S/C25H33N3O5S/c1-26(24(19-7-4-3-5-8-19)17-27-14-12-21(29)16-27)25(30)18-33-22-10-11-23-20(15-22)9-6-13-28(23)34(2,31)32/h3-5,7-8,10-11,15,21,24,29H,6,9,12-14,16-18H2,1-2H3/t21-,24?/m0/s1. The molecule has 2 heterocycles.